The smallest absolute Gasteiger partial charge is 0.218 e. The maximum absolute atomic E-state index is 8.02. The lowest BCUT2D eigenvalue weighted by molar-refractivity contribution is 1.09. The SMILES string of the molecule is N#CNc1nncs1. The van der Waals surface area contributed by atoms with Crippen LogP contribution in [0.2, 0.25) is 0 Å². The molecule has 5 heteroatoms. The van der Waals surface area contributed by atoms with E-state index >= 15 is 0 Å². The van der Waals surface area contributed by atoms with E-state index in [9.17, 15) is 0 Å². The van der Waals surface area contributed by atoms with E-state index in [-0.39, 0.29) is 0 Å². The van der Waals surface area contributed by atoms with Crippen molar-refractivity contribution in [1.82, 2.24) is 10.2 Å². The van der Waals surface area contributed by atoms with Gasteiger partial charge in [-0.2, -0.15) is 5.26 Å². The zero-order valence-electron chi connectivity index (χ0n) is 3.83. The predicted octanol–water partition coefficient (Wildman–Crippen LogP) is 0.431. The average Bonchev–Trinajstić information content (AvgIpc) is 2.19. The van der Waals surface area contributed by atoms with E-state index < -0.39 is 0 Å². The van der Waals surface area contributed by atoms with E-state index in [4.69, 9.17) is 5.26 Å². The quantitative estimate of drug-likeness (QED) is 0.438. The molecule has 1 rings (SSSR count). The van der Waals surface area contributed by atoms with Gasteiger partial charge in [0.25, 0.3) is 0 Å². The maximum Gasteiger partial charge on any atom is 0.218 e. The Morgan fingerprint density at radius 1 is 1.88 bits per heavy atom. The van der Waals surface area contributed by atoms with Crippen molar-refractivity contribution in [1.29, 1.82) is 5.26 Å². The van der Waals surface area contributed by atoms with Crippen LogP contribution >= 0.6 is 11.3 Å². The summed E-state index contributed by atoms with van der Waals surface area (Å²) in [6.07, 6.45) is 1.73. The number of nitrogens with one attached hydrogen (secondary N) is 1. The van der Waals surface area contributed by atoms with E-state index in [1.54, 1.807) is 11.7 Å². The predicted molar refractivity (Wildman–Crippen MR) is 29.1 cm³/mol. The zero-order chi connectivity index (χ0) is 5.82. The van der Waals surface area contributed by atoms with E-state index in [2.05, 4.69) is 15.5 Å². The van der Waals surface area contributed by atoms with Crippen LogP contribution in [0.4, 0.5) is 5.13 Å². The van der Waals surface area contributed by atoms with Crippen molar-refractivity contribution < 1.29 is 0 Å². The van der Waals surface area contributed by atoms with Crippen LogP contribution in [0, 0.1) is 11.5 Å². The summed E-state index contributed by atoms with van der Waals surface area (Å²) in [5.41, 5.74) is 1.56. The Hall–Kier alpha value is -1.15. The molecule has 8 heavy (non-hydrogen) atoms. The van der Waals surface area contributed by atoms with Crippen molar-refractivity contribution in [3.8, 4) is 6.19 Å². The fourth-order valence-corrected chi connectivity index (χ4v) is 0.668. The number of hydrogen-bond donors (Lipinski definition) is 1. The van der Waals surface area contributed by atoms with Crippen molar-refractivity contribution in [2.24, 2.45) is 0 Å². The molecule has 0 unspecified atom stereocenters. The van der Waals surface area contributed by atoms with Crippen LogP contribution in [0.3, 0.4) is 0 Å². The standard InChI is InChI=1S/C3H2N4S/c4-1-5-3-7-6-2-8-3/h2H,(H,5,7). The second-order valence-corrected chi connectivity index (χ2v) is 1.81. The second-order valence-electron chi connectivity index (χ2n) is 0.981. The molecule has 1 aromatic rings. The lowest BCUT2D eigenvalue weighted by Gasteiger charge is -1.78. The molecule has 0 amide bonds. The van der Waals surface area contributed by atoms with Gasteiger partial charge in [-0.25, -0.2) is 0 Å². The Kier molecular flexibility index (Phi) is 1.39. The fourth-order valence-electron chi connectivity index (χ4n) is 0.275. The van der Waals surface area contributed by atoms with Crippen LogP contribution in [0.5, 0.6) is 0 Å². The van der Waals surface area contributed by atoms with Gasteiger partial charge in [-0.15, -0.1) is 10.2 Å². The zero-order valence-corrected chi connectivity index (χ0v) is 4.64. The monoisotopic (exact) mass is 126 g/mol. The highest BCUT2D eigenvalue weighted by atomic mass is 32.1. The Labute approximate surface area is 49.8 Å². The van der Waals surface area contributed by atoms with Gasteiger partial charge in [0.1, 0.15) is 5.51 Å². The summed E-state index contributed by atoms with van der Waals surface area (Å²) in [4.78, 5) is 0. The third kappa shape index (κ3) is 0.918. The number of nitrogens with zero attached hydrogens (tertiary/aromatic N) is 3. The molecule has 1 aromatic heterocycles. The van der Waals surface area contributed by atoms with Crippen molar-refractivity contribution >= 4 is 16.5 Å². The first kappa shape index (κ1) is 5.00. The number of nitriles is 1. The summed E-state index contributed by atoms with van der Waals surface area (Å²) < 4.78 is 0. The highest BCUT2D eigenvalue weighted by molar-refractivity contribution is 7.13. The summed E-state index contributed by atoms with van der Waals surface area (Å²) in [5.74, 6) is 0. The second kappa shape index (κ2) is 2.23. The minimum absolute atomic E-state index is 0.535. The largest absolute Gasteiger partial charge is 0.267 e. The minimum atomic E-state index is 0.535. The van der Waals surface area contributed by atoms with Gasteiger partial charge in [0.2, 0.25) is 5.13 Å². The molecule has 0 aliphatic heterocycles. The van der Waals surface area contributed by atoms with Gasteiger partial charge in [0, 0.05) is 0 Å². The normalized spacial score (nSPS) is 7.88. The van der Waals surface area contributed by atoms with Crippen LogP contribution < -0.4 is 5.32 Å². The van der Waals surface area contributed by atoms with Gasteiger partial charge < -0.3 is 0 Å². The topological polar surface area (TPSA) is 61.6 Å². The molecule has 0 aliphatic rings. The highest BCUT2D eigenvalue weighted by Crippen LogP contribution is 2.05. The molecule has 0 aromatic carbocycles. The Balaban J connectivity index is 2.67. The highest BCUT2D eigenvalue weighted by Gasteiger charge is 1.88. The van der Waals surface area contributed by atoms with E-state index in [0.717, 1.165) is 0 Å². The molecule has 0 radical (unpaired) electrons. The molecule has 0 fully saturated rings. The molecule has 1 heterocycles. The molecule has 0 saturated carbocycles. The van der Waals surface area contributed by atoms with Crippen LogP contribution in [0.15, 0.2) is 5.51 Å². The summed E-state index contributed by atoms with van der Waals surface area (Å²) in [5, 5.41) is 17.9. The van der Waals surface area contributed by atoms with Crippen LogP contribution in [0.1, 0.15) is 0 Å². The molecule has 4 nitrogen and oxygen atoms in total. The summed E-state index contributed by atoms with van der Waals surface area (Å²) in [6.45, 7) is 0. The first-order valence-electron chi connectivity index (χ1n) is 1.85. The van der Waals surface area contributed by atoms with E-state index in [0.29, 0.717) is 5.13 Å². The van der Waals surface area contributed by atoms with Gasteiger partial charge in [-0.05, 0) is 0 Å². The van der Waals surface area contributed by atoms with Gasteiger partial charge in [-0.3, -0.25) is 5.32 Å². The first-order valence-corrected chi connectivity index (χ1v) is 2.72. The van der Waals surface area contributed by atoms with Crippen molar-refractivity contribution in [2.45, 2.75) is 0 Å². The molecule has 40 valence electrons. The molecular formula is C3H2N4S. The minimum Gasteiger partial charge on any atom is -0.267 e. The number of hydrogen-bond acceptors (Lipinski definition) is 5. The number of rotatable bonds is 1. The summed E-state index contributed by atoms with van der Waals surface area (Å²) >= 11 is 1.29. The molecular weight excluding hydrogens is 124 g/mol. The van der Waals surface area contributed by atoms with Gasteiger partial charge in [0.05, 0.1) is 0 Å². The van der Waals surface area contributed by atoms with Crippen molar-refractivity contribution in [3.63, 3.8) is 0 Å². The number of aromatic nitrogens is 2. The van der Waals surface area contributed by atoms with Crippen LogP contribution in [-0.2, 0) is 0 Å². The van der Waals surface area contributed by atoms with Crippen molar-refractivity contribution in [3.05, 3.63) is 5.51 Å². The molecule has 1 N–H and O–H groups in total. The Morgan fingerprint density at radius 3 is 3.25 bits per heavy atom. The average molecular weight is 126 g/mol. The van der Waals surface area contributed by atoms with Gasteiger partial charge in [-0.1, -0.05) is 11.3 Å². The van der Waals surface area contributed by atoms with Crippen LogP contribution in [0.25, 0.3) is 0 Å². The summed E-state index contributed by atoms with van der Waals surface area (Å²) in [6, 6.07) is 0. The fraction of sp³-hybridized carbons (Fsp3) is 0. The van der Waals surface area contributed by atoms with Crippen LogP contribution in [-0.4, -0.2) is 10.2 Å². The molecule has 0 saturated heterocycles. The third-order valence-electron chi connectivity index (χ3n) is 0.523. The van der Waals surface area contributed by atoms with E-state index in [1.807, 2.05) is 0 Å². The third-order valence-corrected chi connectivity index (χ3v) is 1.13. The number of anilines is 1. The molecule has 0 aliphatic carbocycles. The van der Waals surface area contributed by atoms with Gasteiger partial charge >= 0.3 is 0 Å². The first-order chi connectivity index (χ1) is 3.93. The summed E-state index contributed by atoms with van der Waals surface area (Å²) in [7, 11) is 0. The molecule has 0 spiro atoms. The lowest BCUT2D eigenvalue weighted by atomic mass is 11.1. The Bertz CT molecular complexity index is 186. The molecule has 0 atom stereocenters. The van der Waals surface area contributed by atoms with Crippen molar-refractivity contribution in [2.75, 3.05) is 5.32 Å². The lowest BCUT2D eigenvalue weighted by Crippen LogP contribution is -1.84. The van der Waals surface area contributed by atoms with Gasteiger partial charge in [0.15, 0.2) is 6.19 Å². The maximum atomic E-state index is 8.02. The van der Waals surface area contributed by atoms with E-state index in [1.165, 1.54) is 11.3 Å². The Morgan fingerprint density at radius 2 is 2.75 bits per heavy atom. The molecule has 0 bridgehead atoms.